The van der Waals surface area contributed by atoms with E-state index in [0.717, 1.165) is 173 Å². The molecule has 3 N–H and O–H groups in total. The monoisotopic (exact) mass is 1440 g/mol. The topological polar surface area (TPSA) is 237 Å². The molecule has 0 bridgehead atoms. The molecule has 19 heteroatoms. The molecule has 0 aromatic rings. The van der Waals surface area contributed by atoms with Crippen molar-refractivity contribution < 1.29 is 80.2 Å². The fourth-order valence-corrected chi connectivity index (χ4v) is 11.1. The second-order valence-corrected chi connectivity index (χ2v) is 27.7. The van der Waals surface area contributed by atoms with E-state index < -0.39 is 97.5 Å². The molecule has 0 fully saturated rings. The normalized spacial score (nSPS) is 14.8. The van der Waals surface area contributed by atoms with E-state index >= 15 is 0 Å². The van der Waals surface area contributed by atoms with E-state index in [-0.39, 0.29) is 25.7 Å². The molecule has 17 nitrogen and oxygen atoms in total. The molecule has 5 unspecified atom stereocenters. The third-order valence-corrected chi connectivity index (χ3v) is 17.2. The van der Waals surface area contributed by atoms with Gasteiger partial charge in [0, 0.05) is 25.7 Å². The second-order valence-electron chi connectivity index (χ2n) is 24.8. The number of aliphatic hydroxyl groups is 1. The number of phosphoric ester groups is 2. The maximum absolute atomic E-state index is 13.1. The van der Waals surface area contributed by atoms with E-state index in [0.29, 0.717) is 32.1 Å². The first kappa shape index (κ1) is 94.9. The van der Waals surface area contributed by atoms with Crippen molar-refractivity contribution >= 4 is 39.5 Å². The van der Waals surface area contributed by atoms with Crippen molar-refractivity contribution in [1.29, 1.82) is 0 Å². The molecule has 0 aromatic carbocycles. The molecule has 0 heterocycles. The van der Waals surface area contributed by atoms with Crippen LogP contribution in [0.1, 0.15) is 285 Å². The van der Waals surface area contributed by atoms with Crippen LogP contribution in [0.3, 0.4) is 0 Å². The lowest BCUT2D eigenvalue weighted by molar-refractivity contribution is -0.161. The van der Waals surface area contributed by atoms with Crippen LogP contribution in [0, 0.1) is 0 Å². The summed E-state index contributed by atoms with van der Waals surface area (Å²) in [5.41, 5.74) is 0. The van der Waals surface area contributed by atoms with Crippen LogP contribution < -0.4 is 0 Å². The average Bonchev–Trinajstić information content (AvgIpc) is 0.946. The van der Waals surface area contributed by atoms with Crippen LogP contribution in [0.2, 0.25) is 0 Å². The first-order chi connectivity index (χ1) is 48.7. The number of unbranched alkanes of at least 4 members (excludes halogenated alkanes) is 20. The third kappa shape index (κ3) is 71.3. The number of esters is 4. The Balaban J connectivity index is 5.45. The number of rotatable bonds is 70. The Hall–Kier alpha value is -5.06. The third-order valence-electron chi connectivity index (χ3n) is 15.3. The van der Waals surface area contributed by atoms with Gasteiger partial charge in [-0.2, -0.15) is 0 Å². The van der Waals surface area contributed by atoms with Crippen LogP contribution in [-0.4, -0.2) is 96.7 Å². The SMILES string of the molecule is CC/C=C\C/C=C\C/C=C\C/C=C\C/C=C\C/C=C\CCC(=O)OCC(COP(=O)(O)OCC(O)COP(=O)(O)OCC(COC(=O)CCCCCCC/C=C\C/C=C\CCC)OC(=O)CCCCCCC/C=C\CCCCCC)OC(=O)CCCCCCC/C=C\C/C=C\C/C=C\CC. The van der Waals surface area contributed by atoms with E-state index in [2.05, 4.69) is 155 Å². The van der Waals surface area contributed by atoms with Gasteiger partial charge in [0.05, 0.1) is 26.4 Å². The van der Waals surface area contributed by atoms with Gasteiger partial charge in [0.25, 0.3) is 0 Å². The minimum Gasteiger partial charge on any atom is -0.462 e. The number of hydrogen-bond donors (Lipinski definition) is 3. The first-order valence-corrected chi connectivity index (χ1v) is 41.1. The molecular weight excluding hydrogens is 1310 g/mol. The van der Waals surface area contributed by atoms with E-state index in [1.807, 2.05) is 18.2 Å². The van der Waals surface area contributed by atoms with Crippen molar-refractivity contribution in [3.8, 4) is 0 Å². The minimum atomic E-state index is -5.00. The number of allylic oxidation sites excluding steroid dienone is 24. The Morgan fingerprint density at radius 2 is 0.560 bits per heavy atom. The lowest BCUT2D eigenvalue weighted by Gasteiger charge is -2.21. The van der Waals surface area contributed by atoms with Gasteiger partial charge >= 0.3 is 39.5 Å². The summed E-state index contributed by atoms with van der Waals surface area (Å²) < 4.78 is 68.3. The van der Waals surface area contributed by atoms with E-state index in [9.17, 15) is 43.2 Å². The lowest BCUT2D eigenvalue weighted by Crippen LogP contribution is -2.30. The quantitative estimate of drug-likeness (QED) is 0.0169. The van der Waals surface area contributed by atoms with Gasteiger partial charge in [-0.05, 0) is 148 Å². The van der Waals surface area contributed by atoms with Crippen molar-refractivity contribution in [3.63, 3.8) is 0 Å². The smallest absolute Gasteiger partial charge is 0.462 e. The van der Waals surface area contributed by atoms with Gasteiger partial charge in [0.2, 0.25) is 0 Å². The van der Waals surface area contributed by atoms with Crippen LogP contribution in [0.5, 0.6) is 0 Å². The zero-order valence-corrected chi connectivity index (χ0v) is 63.9. The Bertz CT molecular complexity index is 2470. The summed E-state index contributed by atoms with van der Waals surface area (Å²) in [6.45, 7) is 4.42. The molecule has 570 valence electrons. The van der Waals surface area contributed by atoms with Crippen LogP contribution in [0.4, 0.5) is 0 Å². The Labute approximate surface area is 605 Å². The predicted octanol–water partition coefficient (Wildman–Crippen LogP) is 21.9. The van der Waals surface area contributed by atoms with Crippen molar-refractivity contribution in [2.75, 3.05) is 39.6 Å². The van der Waals surface area contributed by atoms with E-state index in [1.54, 1.807) is 0 Å². The summed E-state index contributed by atoms with van der Waals surface area (Å²) in [6, 6.07) is 0. The molecule has 0 rings (SSSR count). The van der Waals surface area contributed by atoms with Crippen LogP contribution in [-0.2, 0) is 65.4 Å². The maximum atomic E-state index is 13.1. The minimum absolute atomic E-state index is 0.0276. The highest BCUT2D eigenvalue weighted by Gasteiger charge is 2.30. The summed E-state index contributed by atoms with van der Waals surface area (Å²) in [4.78, 5) is 72.8. The molecule has 0 aromatic heterocycles. The summed E-state index contributed by atoms with van der Waals surface area (Å²) >= 11 is 0. The molecule has 0 aliphatic rings. The second kappa shape index (κ2) is 72.3. The molecule has 5 atom stereocenters. The predicted molar refractivity (Wildman–Crippen MR) is 408 cm³/mol. The lowest BCUT2D eigenvalue weighted by atomic mass is 10.1. The van der Waals surface area contributed by atoms with Gasteiger partial charge in [0.15, 0.2) is 12.2 Å². The molecule has 100 heavy (non-hydrogen) atoms. The van der Waals surface area contributed by atoms with Crippen molar-refractivity contribution in [2.45, 2.75) is 303 Å². The maximum Gasteiger partial charge on any atom is 0.472 e. The van der Waals surface area contributed by atoms with Crippen LogP contribution in [0.25, 0.3) is 0 Å². The molecule has 0 radical (unpaired) electrons. The average molecular weight is 1440 g/mol. The van der Waals surface area contributed by atoms with Crippen molar-refractivity contribution in [3.05, 3.63) is 146 Å². The Kier molecular flexibility index (Phi) is 68.6. The molecule has 0 aliphatic carbocycles. The van der Waals surface area contributed by atoms with Gasteiger partial charge < -0.3 is 33.8 Å². The zero-order valence-electron chi connectivity index (χ0n) is 62.1. The highest BCUT2D eigenvalue weighted by molar-refractivity contribution is 7.47. The van der Waals surface area contributed by atoms with Crippen molar-refractivity contribution in [1.82, 2.24) is 0 Å². The zero-order chi connectivity index (χ0) is 73.2. The number of hydrogen-bond acceptors (Lipinski definition) is 15. The first-order valence-electron chi connectivity index (χ1n) is 38.1. The van der Waals surface area contributed by atoms with Crippen molar-refractivity contribution in [2.24, 2.45) is 0 Å². The Morgan fingerprint density at radius 3 is 0.910 bits per heavy atom. The van der Waals surface area contributed by atoms with Gasteiger partial charge in [-0.1, -0.05) is 257 Å². The van der Waals surface area contributed by atoms with Gasteiger partial charge in [-0.3, -0.25) is 37.3 Å². The molecule has 0 aliphatic heterocycles. The summed E-state index contributed by atoms with van der Waals surface area (Å²) in [7, 11) is -9.99. The number of ether oxygens (including phenoxy) is 4. The van der Waals surface area contributed by atoms with Gasteiger partial charge in [0.1, 0.15) is 19.3 Å². The van der Waals surface area contributed by atoms with Crippen LogP contribution in [0.15, 0.2) is 146 Å². The molecule has 0 amide bonds. The molecular formula is C81H134O17P2. The highest BCUT2D eigenvalue weighted by atomic mass is 31.2. The van der Waals surface area contributed by atoms with Crippen LogP contribution >= 0.6 is 15.6 Å². The highest BCUT2D eigenvalue weighted by Crippen LogP contribution is 2.45. The number of carbonyl (C=O) groups excluding carboxylic acids is 4. The van der Waals surface area contributed by atoms with Gasteiger partial charge in [-0.25, -0.2) is 9.13 Å². The molecule has 0 saturated heterocycles. The molecule has 0 spiro atoms. The number of carbonyl (C=O) groups is 4. The Morgan fingerprint density at radius 1 is 0.290 bits per heavy atom. The van der Waals surface area contributed by atoms with E-state index in [1.165, 1.54) is 25.7 Å². The summed E-state index contributed by atoms with van der Waals surface area (Å²) in [5, 5.41) is 10.6. The number of aliphatic hydroxyl groups excluding tert-OH is 1. The van der Waals surface area contributed by atoms with Gasteiger partial charge in [-0.15, -0.1) is 0 Å². The van der Waals surface area contributed by atoms with E-state index in [4.69, 9.17) is 37.0 Å². The standard InChI is InChI=1S/C81H134O17P2/c1-5-9-13-17-21-25-29-33-35-36-37-38-40-43-46-50-54-58-62-66-79(84)92-72-77(98-81(86)68-64-60-56-52-48-44-39-34-30-26-22-18-14-10-6-2)74-96-100(89,90)94-70-75(82)69-93-99(87,88)95-73-76(97-80(85)67-63-59-55-51-47-42-32-28-24-20-16-12-8-4)71-91-78(83)65-61-57-53-49-45-41-31-27-23-19-15-11-7-3/h9-10,13-15,19,21-22,25-28,31-35,37-39,43,46,54,58,75-77,82H,5-8,11-12,16-18,20,23-24,29-30,36,40-42,44-45,47-53,55-57,59-74H2,1-4H3,(H,87,88)(H,89,90)/b13-9-,14-10-,19-15-,25-21-,26-22-,31-27-,32-28-,35-33-,38-37-,39-34-,46-43-,58-54-. The number of phosphoric acid groups is 2. The summed E-state index contributed by atoms with van der Waals surface area (Å²) in [5.74, 6) is -2.32. The molecule has 0 saturated carbocycles. The fourth-order valence-electron chi connectivity index (χ4n) is 9.53. The fraction of sp³-hybridized carbons (Fsp3) is 0.654. The summed E-state index contributed by atoms with van der Waals surface area (Å²) in [6.07, 6.45) is 81.4. The largest absolute Gasteiger partial charge is 0.472 e.